The largest absolute Gasteiger partial charge is 0.481 e. The zero-order valence-corrected chi connectivity index (χ0v) is 12.0. The van der Waals surface area contributed by atoms with Gasteiger partial charge in [-0.25, -0.2) is 0 Å². The van der Waals surface area contributed by atoms with E-state index in [1.165, 1.54) is 50.9 Å². The number of anilines is 1. The maximum absolute atomic E-state index is 10.6. The van der Waals surface area contributed by atoms with Crippen molar-refractivity contribution in [1.82, 2.24) is 0 Å². The summed E-state index contributed by atoms with van der Waals surface area (Å²) in [6, 6.07) is 8.44. The lowest BCUT2D eigenvalue weighted by atomic mass is 9.68. The van der Waals surface area contributed by atoms with E-state index in [0.717, 1.165) is 5.56 Å². The van der Waals surface area contributed by atoms with Crippen LogP contribution in [0.2, 0.25) is 0 Å². The Hall–Kier alpha value is -1.51. The van der Waals surface area contributed by atoms with E-state index in [1.54, 1.807) is 0 Å². The number of benzene rings is 1. The molecular weight excluding hydrogens is 250 g/mol. The predicted molar refractivity (Wildman–Crippen MR) is 80.1 cm³/mol. The van der Waals surface area contributed by atoms with Crippen LogP contribution in [0.15, 0.2) is 24.3 Å². The lowest BCUT2D eigenvalue weighted by molar-refractivity contribution is -0.136. The fraction of sp³-hybridized carbons (Fsp3) is 0.588. The molecule has 1 saturated carbocycles. The van der Waals surface area contributed by atoms with Crippen LogP contribution in [-0.4, -0.2) is 24.2 Å². The van der Waals surface area contributed by atoms with E-state index in [4.69, 9.17) is 5.11 Å². The number of carboxylic acid groups (broad SMARTS) is 1. The summed E-state index contributed by atoms with van der Waals surface area (Å²) in [5, 5.41) is 8.70. The molecule has 3 heteroatoms. The normalized spacial score (nSPS) is 20.7. The van der Waals surface area contributed by atoms with Crippen LogP contribution in [-0.2, 0) is 11.2 Å². The van der Waals surface area contributed by atoms with Crippen molar-refractivity contribution in [1.29, 1.82) is 0 Å². The molecule has 1 aromatic rings. The van der Waals surface area contributed by atoms with Crippen molar-refractivity contribution < 1.29 is 9.90 Å². The Morgan fingerprint density at radius 1 is 1.10 bits per heavy atom. The Bertz CT molecular complexity index is 466. The van der Waals surface area contributed by atoms with Crippen LogP contribution in [0.1, 0.15) is 44.1 Å². The fourth-order valence-corrected chi connectivity index (χ4v) is 3.69. The molecule has 0 radical (unpaired) electrons. The number of carboxylic acids is 1. The molecule has 1 aromatic carbocycles. The molecule has 0 unspecified atom stereocenters. The first-order valence-corrected chi connectivity index (χ1v) is 7.73. The zero-order chi connectivity index (χ0) is 14.0. The van der Waals surface area contributed by atoms with Crippen molar-refractivity contribution >= 4 is 11.7 Å². The molecule has 2 aliphatic rings. The standard InChI is InChI=1S/C17H23NO2/c19-16(20)9-6-14-4-7-15(8-5-14)18-12-17(13-18)10-2-1-3-11-17/h4-5,7-8H,1-3,6,9-13H2,(H,19,20). The van der Waals surface area contributed by atoms with Crippen molar-refractivity contribution in [2.24, 2.45) is 5.41 Å². The summed E-state index contributed by atoms with van der Waals surface area (Å²) < 4.78 is 0. The zero-order valence-electron chi connectivity index (χ0n) is 12.0. The minimum atomic E-state index is -0.726. The molecule has 108 valence electrons. The fourth-order valence-electron chi connectivity index (χ4n) is 3.69. The molecule has 1 aliphatic carbocycles. The summed E-state index contributed by atoms with van der Waals surface area (Å²) in [7, 11) is 0. The molecule has 0 aromatic heterocycles. The average molecular weight is 273 g/mol. The van der Waals surface area contributed by atoms with E-state index >= 15 is 0 Å². The van der Waals surface area contributed by atoms with Gasteiger partial charge in [-0.2, -0.15) is 0 Å². The summed E-state index contributed by atoms with van der Waals surface area (Å²) in [5.41, 5.74) is 3.02. The van der Waals surface area contributed by atoms with Crippen molar-refractivity contribution in [2.75, 3.05) is 18.0 Å². The number of carbonyl (C=O) groups is 1. The first kappa shape index (κ1) is 13.5. The van der Waals surface area contributed by atoms with Gasteiger partial charge in [-0.05, 0) is 37.0 Å². The summed E-state index contributed by atoms with van der Waals surface area (Å²) >= 11 is 0. The van der Waals surface area contributed by atoms with E-state index in [-0.39, 0.29) is 6.42 Å². The lowest BCUT2D eigenvalue weighted by Crippen LogP contribution is -2.57. The van der Waals surface area contributed by atoms with Crippen molar-refractivity contribution in [3.05, 3.63) is 29.8 Å². The molecule has 1 aliphatic heterocycles. The summed E-state index contributed by atoms with van der Waals surface area (Å²) in [6.45, 7) is 2.42. The second-order valence-corrected chi connectivity index (χ2v) is 6.48. The van der Waals surface area contributed by atoms with E-state index < -0.39 is 5.97 Å². The van der Waals surface area contributed by atoms with E-state index in [9.17, 15) is 4.79 Å². The first-order valence-electron chi connectivity index (χ1n) is 7.73. The molecule has 0 bridgehead atoms. The summed E-state index contributed by atoms with van der Waals surface area (Å²) in [6.07, 6.45) is 7.87. The Balaban J connectivity index is 1.55. The molecule has 0 amide bonds. The highest BCUT2D eigenvalue weighted by atomic mass is 16.4. The minimum Gasteiger partial charge on any atom is -0.481 e. The van der Waals surface area contributed by atoms with Gasteiger partial charge < -0.3 is 10.0 Å². The van der Waals surface area contributed by atoms with Crippen LogP contribution >= 0.6 is 0 Å². The van der Waals surface area contributed by atoms with Crippen LogP contribution in [0.5, 0.6) is 0 Å². The monoisotopic (exact) mass is 273 g/mol. The maximum Gasteiger partial charge on any atom is 0.303 e. The van der Waals surface area contributed by atoms with Gasteiger partial charge in [0.05, 0.1) is 0 Å². The highest BCUT2D eigenvalue weighted by Crippen LogP contribution is 2.45. The van der Waals surface area contributed by atoms with Crippen molar-refractivity contribution in [3.63, 3.8) is 0 Å². The highest BCUT2D eigenvalue weighted by molar-refractivity contribution is 5.67. The Morgan fingerprint density at radius 2 is 1.75 bits per heavy atom. The van der Waals surface area contributed by atoms with Gasteiger partial charge in [0.25, 0.3) is 0 Å². The van der Waals surface area contributed by atoms with Gasteiger partial charge in [0, 0.05) is 30.6 Å². The van der Waals surface area contributed by atoms with Crippen molar-refractivity contribution in [2.45, 2.75) is 44.9 Å². The van der Waals surface area contributed by atoms with Gasteiger partial charge in [0.15, 0.2) is 0 Å². The molecule has 0 atom stereocenters. The molecule has 1 N–H and O–H groups in total. The van der Waals surface area contributed by atoms with Gasteiger partial charge in [-0.3, -0.25) is 4.79 Å². The molecule has 1 spiro atoms. The van der Waals surface area contributed by atoms with Crippen LogP contribution in [0, 0.1) is 5.41 Å². The molecule has 1 saturated heterocycles. The molecule has 20 heavy (non-hydrogen) atoms. The topological polar surface area (TPSA) is 40.5 Å². The van der Waals surface area contributed by atoms with Gasteiger partial charge >= 0.3 is 5.97 Å². The maximum atomic E-state index is 10.6. The first-order chi connectivity index (χ1) is 9.67. The number of aryl methyl sites for hydroxylation is 1. The number of hydrogen-bond acceptors (Lipinski definition) is 2. The van der Waals surface area contributed by atoms with Gasteiger partial charge in [-0.15, -0.1) is 0 Å². The van der Waals surface area contributed by atoms with Crippen LogP contribution < -0.4 is 4.90 Å². The Labute approximate surface area is 120 Å². The molecule has 3 nitrogen and oxygen atoms in total. The number of rotatable bonds is 4. The molecule has 2 fully saturated rings. The SMILES string of the molecule is O=C(O)CCc1ccc(N2CC3(CCCCC3)C2)cc1. The molecule has 3 rings (SSSR count). The number of nitrogens with zero attached hydrogens (tertiary/aromatic N) is 1. The number of aliphatic carboxylic acids is 1. The van der Waals surface area contributed by atoms with Crippen LogP contribution in [0.25, 0.3) is 0 Å². The second kappa shape index (κ2) is 5.47. The average Bonchev–Trinajstić information content (AvgIpc) is 2.44. The lowest BCUT2D eigenvalue weighted by Gasteiger charge is -2.53. The quantitative estimate of drug-likeness (QED) is 0.913. The second-order valence-electron chi connectivity index (χ2n) is 6.48. The van der Waals surface area contributed by atoms with Gasteiger partial charge in [-0.1, -0.05) is 31.4 Å². The van der Waals surface area contributed by atoms with Crippen molar-refractivity contribution in [3.8, 4) is 0 Å². The smallest absolute Gasteiger partial charge is 0.303 e. The summed E-state index contributed by atoms with van der Waals surface area (Å²) in [4.78, 5) is 13.0. The van der Waals surface area contributed by atoms with E-state index in [0.29, 0.717) is 11.8 Å². The third-order valence-corrected chi connectivity index (χ3v) is 4.90. The van der Waals surface area contributed by atoms with Crippen LogP contribution in [0.4, 0.5) is 5.69 Å². The third-order valence-electron chi connectivity index (χ3n) is 4.90. The van der Waals surface area contributed by atoms with Gasteiger partial charge in [0.2, 0.25) is 0 Å². The Morgan fingerprint density at radius 3 is 2.35 bits per heavy atom. The third kappa shape index (κ3) is 2.82. The summed E-state index contributed by atoms with van der Waals surface area (Å²) in [5.74, 6) is -0.726. The van der Waals surface area contributed by atoms with Gasteiger partial charge in [0.1, 0.15) is 0 Å². The Kier molecular flexibility index (Phi) is 3.68. The van der Waals surface area contributed by atoms with Crippen LogP contribution in [0.3, 0.4) is 0 Å². The highest BCUT2D eigenvalue weighted by Gasteiger charge is 2.43. The van der Waals surface area contributed by atoms with E-state index in [1.807, 2.05) is 0 Å². The van der Waals surface area contributed by atoms with E-state index in [2.05, 4.69) is 29.2 Å². The minimum absolute atomic E-state index is 0.214. The molecular formula is C17H23NO2. The number of hydrogen-bond donors (Lipinski definition) is 1. The molecule has 1 heterocycles. The predicted octanol–water partition coefficient (Wildman–Crippen LogP) is 3.47.